The Morgan fingerprint density at radius 3 is 1.33 bits per heavy atom. The van der Waals surface area contributed by atoms with E-state index in [0.29, 0.717) is 0 Å². The van der Waals surface area contributed by atoms with E-state index in [-0.39, 0.29) is 0 Å². The molecule has 0 unspecified atom stereocenters. The molecule has 0 radical (unpaired) electrons. The van der Waals surface area contributed by atoms with Gasteiger partial charge in [-0.3, -0.25) is 0 Å². The van der Waals surface area contributed by atoms with E-state index in [1.807, 2.05) is 20.8 Å². The van der Waals surface area contributed by atoms with Crippen molar-refractivity contribution in [1.82, 2.24) is 12.2 Å². The molecule has 0 saturated carbocycles. The maximum absolute atomic E-state index is 11.2. The summed E-state index contributed by atoms with van der Waals surface area (Å²) >= 11 is 11.2. The second-order valence-electron chi connectivity index (χ2n) is 4.70. The van der Waals surface area contributed by atoms with Gasteiger partial charge in [-0.05, 0) is 0 Å². The molecular formula is C9H18Cl3N3O4SiZn. The van der Waals surface area contributed by atoms with Gasteiger partial charge in [0, 0.05) is 0 Å². The van der Waals surface area contributed by atoms with Gasteiger partial charge in [0.15, 0.2) is 0 Å². The fourth-order valence-electron chi connectivity index (χ4n) is 2.34. The first-order valence-electron chi connectivity index (χ1n) is 6.66. The van der Waals surface area contributed by atoms with Gasteiger partial charge in [-0.15, -0.1) is 0 Å². The fourth-order valence-corrected chi connectivity index (χ4v) is 22.5. The topological polar surface area (TPSA) is 96.5 Å². The minimum atomic E-state index is -4.81. The first-order valence-corrected chi connectivity index (χ1v) is 16.0. The number of hydrogen-bond donors (Lipinski definition) is 3. The van der Waals surface area contributed by atoms with Crippen LogP contribution < -0.4 is 12.2 Å². The van der Waals surface area contributed by atoms with Crippen LogP contribution in [-0.4, -0.2) is 24.4 Å². The Morgan fingerprint density at radius 2 is 1.14 bits per heavy atom. The second-order valence-corrected chi connectivity index (χ2v) is 18.6. The summed E-state index contributed by atoms with van der Waals surface area (Å²) in [6.07, 6.45) is 0. The summed E-state index contributed by atoms with van der Waals surface area (Å²) in [7, 11) is -2.28. The van der Waals surface area contributed by atoms with Gasteiger partial charge in [0.2, 0.25) is 0 Å². The number of rotatable bonds is 8. The van der Waals surface area contributed by atoms with Gasteiger partial charge in [-0.1, -0.05) is 0 Å². The molecular weight excluding hydrogens is 414 g/mol. The molecule has 0 fully saturated rings. The van der Waals surface area contributed by atoms with Crippen LogP contribution in [0, 0.1) is 0 Å². The van der Waals surface area contributed by atoms with E-state index < -0.39 is 40.3 Å². The summed E-state index contributed by atoms with van der Waals surface area (Å²) in [4.78, 5) is 33.7. The van der Waals surface area contributed by atoms with Crippen molar-refractivity contribution in [3.63, 3.8) is 0 Å². The van der Waals surface area contributed by atoms with Crippen LogP contribution in [0.15, 0.2) is 0 Å². The summed E-state index contributed by atoms with van der Waals surface area (Å²) < 4.78 is 13.1. The van der Waals surface area contributed by atoms with Crippen molar-refractivity contribution >= 4 is 59.2 Å². The molecule has 0 aliphatic heterocycles. The molecule has 7 nitrogen and oxygen atoms in total. The molecule has 0 aliphatic rings. The van der Waals surface area contributed by atoms with Gasteiger partial charge in [-0.25, -0.2) is 0 Å². The summed E-state index contributed by atoms with van der Waals surface area (Å²) in [5, 5.41) is -2.88. The zero-order chi connectivity index (χ0) is 16.7. The van der Waals surface area contributed by atoms with E-state index in [9.17, 15) is 14.4 Å². The molecule has 21 heavy (non-hydrogen) atoms. The van der Waals surface area contributed by atoms with Crippen LogP contribution in [0.4, 0.5) is 14.4 Å². The Balaban J connectivity index is 5.65. The Hall–Kier alpha value is 0.0803. The molecule has 12 heteroatoms. The third-order valence-electron chi connectivity index (χ3n) is 3.62. The SMILES string of the molecule is CC[Si](CC)(CC)[O][Zn]([NH]C(=O)Cl)([NH]C(=O)Cl)[NH]C(=O)Cl. The summed E-state index contributed by atoms with van der Waals surface area (Å²) in [5.41, 5.74) is 0. The predicted molar refractivity (Wildman–Crippen MR) is 81.4 cm³/mol. The van der Waals surface area contributed by atoms with Crippen LogP contribution in [0.5, 0.6) is 0 Å². The molecule has 0 rings (SSSR count). The van der Waals surface area contributed by atoms with Crippen LogP contribution >= 0.6 is 34.8 Å². The number of carbonyl (C=O) groups excluding carboxylic acids is 3. The predicted octanol–water partition coefficient (Wildman–Crippen LogP) is 3.67. The third kappa shape index (κ3) is 7.25. The Kier molecular flexibility index (Phi) is 9.31. The van der Waals surface area contributed by atoms with Crippen molar-refractivity contribution in [3.05, 3.63) is 0 Å². The molecule has 0 aliphatic carbocycles. The molecule has 0 bridgehead atoms. The van der Waals surface area contributed by atoms with Crippen LogP contribution in [0.25, 0.3) is 0 Å². The van der Waals surface area contributed by atoms with Gasteiger partial charge in [0.25, 0.3) is 0 Å². The molecule has 0 heterocycles. The van der Waals surface area contributed by atoms with Crippen molar-refractivity contribution in [3.8, 4) is 0 Å². The molecule has 0 aromatic carbocycles. The van der Waals surface area contributed by atoms with Crippen molar-refractivity contribution in [2.24, 2.45) is 0 Å². The average Bonchev–Trinajstić information content (AvgIpc) is 2.33. The summed E-state index contributed by atoms with van der Waals surface area (Å²) in [6.45, 7) is 5.85. The van der Waals surface area contributed by atoms with E-state index in [2.05, 4.69) is 12.2 Å². The summed E-state index contributed by atoms with van der Waals surface area (Å²) in [6, 6.07) is 2.19. The Labute approximate surface area is 143 Å². The molecule has 0 spiro atoms. The minimum absolute atomic E-state index is 0.731. The Bertz CT molecular complexity index is 363. The molecule has 3 N–H and O–H groups in total. The van der Waals surface area contributed by atoms with Crippen molar-refractivity contribution in [2.45, 2.75) is 38.9 Å². The molecule has 0 atom stereocenters. The van der Waals surface area contributed by atoms with Crippen molar-refractivity contribution in [2.75, 3.05) is 0 Å². The quantitative estimate of drug-likeness (QED) is 0.310. The molecule has 0 saturated heterocycles. The second kappa shape index (κ2) is 9.27. The first kappa shape index (κ1) is 21.1. The standard InChI is InChI=1S/C6H15OSi.3CH2ClNO.Zn/c1-4-8(7,5-2)6-3;3*2-1(3)4;/h4-6H2,1-3H3;3*(H2,3,4);/q-1;;;;+4/p-3. The number of carbonyl (C=O) groups is 3. The fraction of sp³-hybridized carbons (Fsp3) is 0.667. The van der Waals surface area contributed by atoms with E-state index in [4.69, 9.17) is 38.1 Å². The van der Waals surface area contributed by atoms with Crippen LogP contribution in [0.1, 0.15) is 20.8 Å². The number of hydrogen-bond acceptors (Lipinski definition) is 4. The van der Waals surface area contributed by atoms with E-state index >= 15 is 0 Å². The zero-order valence-electron chi connectivity index (χ0n) is 12.1. The van der Waals surface area contributed by atoms with Gasteiger partial charge in [0.1, 0.15) is 0 Å². The van der Waals surface area contributed by atoms with Gasteiger partial charge >= 0.3 is 144 Å². The van der Waals surface area contributed by atoms with E-state index in [0.717, 1.165) is 18.1 Å². The molecule has 0 aromatic heterocycles. The average molecular weight is 432 g/mol. The van der Waals surface area contributed by atoms with E-state index in [1.165, 1.54) is 0 Å². The van der Waals surface area contributed by atoms with Crippen LogP contribution in [0.2, 0.25) is 18.1 Å². The van der Waals surface area contributed by atoms with Gasteiger partial charge in [-0.2, -0.15) is 0 Å². The third-order valence-corrected chi connectivity index (χ3v) is 22.1. The zero-order valence-corrected chi connectivity index (χ0v) is 18.3. The van der Waals surface area contributed by atoms with Crippen molar-refractivity contribution in [1.29, 1.82) is 0 Å². The van der Waals surface area contributed by atoms with Gasteiger partial charge in [0.05, 0.1) is 0 Å². The molecule has 3 amide bonds. The Morgan fingerprint density at radius 1 is 0.857 bits per heavy atom. The maximum atomic E-state index is 11.2. The molecule has 0 aromatic rings. The monoisotopic (exact) mass is 429 g/mol. The van der Waals surface area contributed by atoms with Crippen LogP contribution in [0.3, 0.4) is 0 Å². The number of nitrogens with one attached hydrogen (secondary N) is 3. The normalized spacial score (nSPS) is 11.0. The van der Waals surface area contributed by atoms with Crippen LogP contribution in [-0.2, 0) is 19.1 Å². The first-order chi connectivity index (χ1) is 9.64. The van der Waals surface area contributed by atoms with Gasteiger partial charge < -0.3 is 0 Å². The molecule has 120 valence electrons. The number of halogens is 3. The summed E-state index contributed by atoms with van der Waals surface area (Å²) in [5.74, 6) is 0. The van der Waals surface area contributed by atoms with E-state index in [1.54, 1.807) is 0 Å². The van der Waals surface area contributed by atoms with Crippen molar-refractivity contribution < 1.29 is 33.5 Å². The number of amides is 3.